The van der Waals surface area contributed by atoms with Crippen molar-refractivity contribution in [3.8, 4) is 5.88 Å². The number of hydrogen-bond donors (Lipinski definition) is 2. The van der Waals surface area contributed by atoms with E-state index in [-0.39, 0.29) is 41.2 Å². The Hall–Kier alpha value is -3.16. The van der Waals surface area contributed by atoms with Crippen molar-refractivity contribution in [2.75, 3.05) is 17.2 Å². The summed E-state index contributed by atoms with van der Waals surface area (Å²) in [7, 11) is 0. The molecule has 158 valence electrons. The van der Waals surface area contributed by atoms with E-state index >= 15 is 0 Å². The third-order valence-corrected chi connectivity index (χ3v) is 5.86. The molecule has 0 radical (unpaired) electrons. The number of hydrogen-bond acceptors (Lipinski definition) is 6. The highest BCUT2D eigenvalue weighted by molar-refractivity contribution is 6.10. The maximum Gasteiger partial charge on any atom is 0.267 e. The first kappa shape index (κ1) is 20.1. The van der Waals surface area contributed by atoms with E-state index in [1.165, 1.54) is 11.9 Å². The van der Waals surface area contributed by atoms with Crippen LogP contribution in [0.25, 0.3) is 0 Å². The summed E-state index contributed by atoms with van der Waals surface area (Å²) < 4.78 is 5.79. The number of nitrogen functional groups attached to an aromatic ring is 1. The van der Waals surface area contributed by atoms with Crippen LogP contribution in [0.2, 0.25) is 0 Å². The molecule has 0 unspecified atom stereocenters. The zero-order valence-electron chi connectivity index (χ0n) is 17.3. The summed E-state index contributed by atoms with van der Waals surface area (Å²) in [6.07, 6.45) is 5.13. The van der Waals surface area contributed by atoms with Crippen molar-refractivity contribution in [2.45, 2.75) is 57.6 Å². The number of aromatic nitrogens is 2. The van der Waals surface area contributed by atoms with Crippen LogP contribution in [0.1, 0.15) is 61.4 Å². The largest absolute Gasteiger partial charge is 0.472 e. The number of anilines is 2. The van der Waals surface area contributed by atoms with E-state index in [9.17, 15) is 9.59 Å². The van der Waals surface area contributed by atoms with Gasteiger partial charge in [0.05, 0.1) is 6.54 Å². The van der Waals surface area contributed by atoms with E-state index < -0.39 is 0 Å². The van der Waals surface area contributed by atoms with Gasteiger partial charge in [0.2, 0.25) is 11.8 Å². The van der Waals surface area contributed by atoms with Gasteiger partial charge in [-0.05, 0) is 56.2 Å². The van der Waals surface area contributed by atoms with E-state index in [4.69, 9.17) is 10.5 Å². The number of rotatable bonds is 3. The van der Waals surface area contributed by atoms with Crippen molar-refractivity contribution in [1.29, 1.82) is 0 Å². The van der Waals surface area contributed by atoms with Crippen molar-refractivity contribution in [1.82, 2.24) is 15.3 Å². The lowest BCUT2D eigenvalue weighted by Gasteiger charge is -2.29. The Balaban J connectivity index is 1.51. The molecule has 0 spiro atoms. The highest BCUT2D eigenvalue weighted by atomic mass is 16.5. The van der Waals surface area contributed by atoms with Gasteiger partial charge in [-0.3, -0.25) is 9.59 Å². The van der Waals surface area contributed by atoms with Gasteiger partial charge in [0.15, 0.2) is 0 Å². The normalized spacial score (nSPS) is 23.9. The first-order chi connectivity index (χ1) is 14.4. The lowest BCUT2D eigenvalue weighted by Crippen LogP contribution is -2.36. The first-order valence-corrected chi connectivity index (χ1v) is 10.4. The number of ether oxygens (including phenoxy) is 1. The molecule has 1 saturated carbocycles. The topological polar surface area (TPSA) is 110 Å². The maximum absolute atomic E-state index is 13.2. The first-order valence-electron chi connectivity index (χ1n) is 10.4. The van der Waals surface area contributed by atoms with Gasteiger partial charge >= 0.3 is 0 Å². The van der Waals surface area contributed by atoms with Crippen LogP contribution in [0.5, 0.6) is 5.88 Å². The van der Waals surface area contributed by atoms with Crippen LogP contribution in [-0.4, -0.2) is 40.5 Å². The molecule has 30 heavy (non-hydrogen) atoms. The number of nitrogens with two attached hydrogens (primary N) is 1. The summed E-state index contributed by atoms with van der Waals surface area (Å²) >= 11 is 0. The van der Waals surface area contributed by atoms with E-state index in [1.54, 1.807) is 11.8 Å². The Morgan fingerprint density at radius 2 is 1.87 bits per heavy atom. The average Bonchev–Trinajstić information content (AvgIpc) is 2.85. The molecule has 2 heterocycles. The SMILES string of the molecule is CC(=O)NC1CCC(c2ccc(N3C[C@@H](C)Oc4ncnc(N)c4C3=O)cc2)CC1. The summed E-state index contributed by atoms with van der Waals surface area (Å²) in [6, 6.07) is 8.42. The van der Waals surface area contributed by atoms with Gasteiger partial charge in [-0.25, -0.2) is 9.97 Å². The van der Waals surface area contributed by atoms with Crippen LogP contribution >= 0.6 is 0 Å². The Labute approximate surface area is 175 Å². The Bertz CT molecular complexity index is 938. The molecule has 2 amide bonds. The van der Waals surface area contributed by atoms with Crippen LogP contribution in [0.4, 0.5) is 11.5 Å². The van der Waals surface area contributed by atoms with Crippen LogP contribution < -0.4 is 20.7 Å². The zero-order valence-corrected chi connectivity index (χ0v) is 17.3. The minimum absolute atomic E-state index is 0.0377. The number of nitrogens with zero attached hydrogens (tertiary/aromatic N) is 3. The number of amides is 2. The lowest BCUT2D eigenvalue weighted by molar-refractivity contribution is -0.119. The van der Waals surface area contributed by atoms with Crippen molar-refractivity contribution in [3.63, 3.8) is 0 Å². The minimum atomic E-state index is -0.254. The molecule has 8 heteroatoms. The maximum atomic E-state index is 13.2. The van der Waals surface area contributed by atoms with Crippen LogP contribution in [-0.2, 0) is 4.79 Å². The minimum Gasteiger partial charge on any atom is -0.472 e. The summed E-state index contributed by atoms with van der Waals surface area (Å²) in [5, 5.41) is 3.02. The summed E-state index contributed by atoms with van der Waals surface area (Å²) in [5.74, 6) is 0.606. The molecule has 0 saturated heterocycles. The molecule has 1 aromatic heterocycles. The number of carbonyl (C=O) groups excluding carboxylic acids is 2. The second-order valence-corrected chi connectivity index (χ2v) is 8.12. The highest BCUT2D eigenvalue weighted by Gasteiger charge is 2.31. The van der Waals surface area contributed by atoms with E-state index in [1.807, 2.05) is 19.1 Å². The zero-order chi connectivity index (χ0) is 21.3. The lowest BCUT2D eigenvalue weighted by atomic mass is 9.81. The molecular formula is C22H27N5O3. The van der Waals surface area contributed by atoms with Crippen molar-refractivity contribution < 1.29 is 14.3 Å². The van der Waals surface area contributed by atoms with Gasteiger partial charge in [0, 0.05) is 18.7 Å². The number of carbonyl (C=O) groups is 2. The second-order valence-electron chi connectivity index (χ2n) is 8.12. The second kappa shape index (κ2) is 8.30. The van der Waals surface area contributed by atoms with Gasteiger partial charge in [0.25, 0.3) is 5.91 Å². The third-order valence-electron chi connectivity index (χ3n) is 5.86. The summed E-state index contributed by atoms with van der Waals surface area (Å²) in [5.41, 5.74) is 8.21. The van der Waals surface area contributed by atoms with Gasteiger partial charge < -0.3 is 20.7 Å². The van der Waals surface area contributed by atoms with Gasteiger partial charge in [-0.1, -0.05) is 12.1 Å². The molecule has 1 aromatic carbocycles. The fourth-order valence-corrected chi connectivity index (χ4v) is 4.38. The average molecular weight is 409 g/mol. The molecule has 3 N–H and O–H groups in total. The molecule has 1 aliphatic carbocycles. The number of nitrogens with one attached hydrogen (secondary N) is 1. The monoisotopic (exact) mass is 409 g/mol. The molecule has 1 atom stereocenters. The molecule has 2 aromatic rings. The van der Waals surface area contributed by atoms with Crippen molar-refractivity contribution >= 4 is 23.3 Å². The van der Waals surface area contributed by atoms with E-state index in [2.05, 4.69) is 27.4 Å². The Kier molecular flexibility index (Phi) is 5.57. The van der Waals surface area contributed by atoms with Gasteiger partial charge in [-0.15, -0.1) is 0 Å². The van der Waals surface area contributed by atoms with Crippen LogP contribution in [0.3, 0.4) is 0 Å². The van der Waals surface area contributed by atoms with E-state index in [0.717, 1.165) is 31.4 Å². The Morgan fingerprint density at radius 1 is 1.17 bits per heavy atom. The predicted octanol–water partition coefficient (Wildman–Crippen LogP) is 2.65. The third kappa shape index (κ3) is 4.08. The smallest absolute Gasteiger partial charge is 0.267 e. The summed E-state index contributed by atoms with van der Waals surface area (Å²) in [4.78, 5) is 34.1. The van der Waals surface area contributed by atoms with Crippen molar-refractivity contribution in [2.24, 2.45) is 0 Å². The van der Waals surface area contributed by atoms with Crippen LogP contribution in [0.15, 0.2) is 30.6 Å². The van der Waals surface area contributed by atoms with Crippen LogP contribution in [0, 0.1) is 0 Å². The van der Waals surface area contributed by atoms with Crippen molar-refractivity contribution in [3.05, 3.63) is 41.7 Å². The van der Waals surface area contributed by atoms with Gasteiger partial charge in [-0.2, -0.15) is 0 Å². The fraction of sp³-hybridized carbons (Fsp3) is 0.455. The molecule has 4 rings (SSSR count). The predicted molar refractivity (Wildman–Crippen MR) is 113 cm³/mol. The number of fused-ring (bicyclic) bond motifs is 1. The highest BCUT2D eigenvalue weighted by Crippen LogP contribution is 2.35. The summed E-state index contributed by atoms with van der Waals surface area (Å²) in [6.45, 7) is 3.87. The molecule has 1 fully saturated rings. The van der Waals surface area contributed by atoms with Gasteiger partial charge in [0.1, 0.15) is 23.8 Å². The number of benzene rings is 1. The fourth-order valence-electron chi connectivity index (χ4n) is 4.38. The molecule has 0 bridgehead atoms. The molecule has 2 aliphatic rings. The molecular weight excluding hydrogens is 382 g/mol. The quantitative estimate of drug-likeness (QED) is 0.806. The standard InChI is InChI=1S/C22H27N5O3/c1-13-11-27(22(29)19-20(23)24-12-25-21(19)30-13)18-9-5-16(6-10-18)15-3-7-17(8-4-15)26-14(2)28/h5-6,9-10,12-13,15,17H,3-4,7-8,11H2,1-2H3,(H,26,28)(H2,23,24,25)/t13-,15?,17?/m1/s1. The van der Waals surface area contributed by atoms with E-state index in [0.29, 0.717) is 12.5 Å². The molecule has 1 aliphatic heterocycles. The Morgan fingerprint density at radius 3 is 2.53 bits per heavy atom. The molecule has 8 nitrogen and oxygen atoms in total.